The van der Waals surface area contributed by atoms with Crippen LogP contribution >= 0.6 is 0 Å². The van der Waals surface area contributed by atoms with Gasteiger partial charge in [0.2, 0.25) is 0 Å². The highest BCUT2D eigenvalue weighted by molar-refractivity contribution is 5.45. The maximum atomic E-state index is 11.6. The number of nitro benzene ring substituents is 1. The van der Waals surface area contributed by atoms with Gasteiger partial charge in [0.25, 0.3) is 5.69 Å². The minimum atomic E-state index is -0.480. The Bertz CT molecular complexity index is 1650. The van der Waals surface area contributed by atoms with Crippen LogP contribution in [0.4, 0.5) is 5.69 Å². The first-order chi connectivity index (χ1) is 21.3. The lowest BCUT2D eigenvalue weighted by Gasteiger charge is -2.26. The Labute approximate surface area is 256 Å². The number of phenols is 2. The Morgan fingerprint density at radius 2 is 1.09 bits per heavy atom. The van der Waals surface area contributed by atoms with Crippen molar-refractivity contribution in [3.63, 3.8) is 0 Å². The van der Waals surface area contributed by atoms with Gasteiger partial charge in [-0.05, 0) is 49.4 Å². The van der Waals surface area contributed by atoms with E-state index in [1.54, 1.807) is 18.6 Å². The molecule has 0 amide bonds. The Morgan fingerprint density at radius 1 is 0.636 bits per heavy atom. The highest BCUT2D eigenvalue weighted by atomic mass is 16.6. The SMILES string of the molecule is Cc1cc(CN(Cc2ccccn2)Cc2ccccn2)c(O)c(CN(Cc2ccccn2)Cc2cc([N+](=O)[O-])ccc2O)c1. The normalized spacial score (nSPS) is 11.2. The molecule has 10 heteroatoms. The number of hydrogen-bond acceptors (Lipinski definition) is 9. The number of nitro groups is 1. The zero-order chi connectivity index (χ0) is 30.9. The van der Waals surface area contributed by atoms with Crippen LogP contribution in [0.25, 0.3) is 0 Å². The molecule has 5 rings (SSSR count). The number of non-ortho nitro benzene ring substituents is 1. The summed E-state index contributed by atoms with van der Waals surface area (Å²) in [7, 11) is 0. The average Bonchev–Trinajstić information content (AvgIpc) is 3.02. The van der Waals surface area contributed by atoms with E-state index >= 15 is 0 Å². The van der Waals surface area contributed by atoms with Crippen LogP contribution < -0.4 is 0 Å². The number of hydrogen-bond donors (Lipinski definition) is 2. The largest absolute Gasteiger partial charge is 0.508 e. The van der Waals surface area contributed by atoms with Crippen LogP contribution in [0.3, 0.4) is 0 Å². The molecule has 3 heterocycles. The molecule has 0 bridgehead atoms. The molecule has 10 nitrogen and oxygen atoms in total. The predicted molar refractivity (Wildman–Crippen MR) is 166 cm³/mol. The first kappa shape index (κ1) is 30.3. The van der Waals surface area contributed by atoms with Crippen molar-refractivity contribution >= 4 is 5.69 Å². The van der Waals surface area contributed by atoms with Gasteiger partial charge in [0.05, 0.1) is 22.0 Å². The summed E-state index contributed by atoms with van der Waals surface area (Å²) < 4.78 is 0. The van der Waals surface area contributed by atoms with E-state index in [0.29, 0.717) is 43.9 Å². The van der Waals surface area contributed by atoms with Crippen molar-refractivity contribution in [2.24, 2.45) is 0 Å². The van der Waals surface area contributed by atoms with Gasteiger partial charge in [-0.2, -0.15) is 0 Å². The molecule has 0 saturated heterocycles. The van der Waals surface area contributed by atoms with Crippen LogP contribution in [0.15, 0.2) is 104 Å². The molecule has 0 unspecified atom stereocenters. The molecule has 0 aliphatic rings. The third-order valence-electron chi connectivity index (χ3n) is 7.20. The summed E-state index contributed by atoms with van der Waals surface area (Å²) in [6, 6.07) is 25.2. The smallest absolute Gasteiger partial charge is 0.270 e. The molecule has 0 radical (unpaired) electrons. The lowest BCUT2D eigenvalue weighted by Crippen LogP contribution is -2.25. The van der Waals surface area contributed by atoms with Crippen LogP contribution in [0.1, 0.15) is 39.3 Å². The van der Waals surface area contributed by atoms with E-state index in [1.165, 1.54) is 18.2 Å². The van der Waals surface area contributed by atoms with E-state index in [1.807, 2.05) is 78.6 Å². The third kappa shape index (κ3) is 8.21. The fourth-order valence-corrected chi connectivity index (χ4v) is 5.21. The maximum absolute atomic E-state index is 11.6. The fourth-order valence-electron chi connectivity index (χ4n) is 5.21. The van der Waals surface area contributed by atoms with Crippen LogP contribution in [-0.4, -0.2) is 39.9 Å². The van der Waals surface area contributed by atoms with Crippen molar-refractivity contribution in [1.29, 1.82) is 0 Å². The molecular formula is C34H34N6O4. The molecule has 0 atom stereocenters. The second kappa shape index (κ2) is 14.3. The summed E-state index contributed by atoms with van der Waals surface area (Å²) in [6.07, 6.45) is 5.25. The molecule has 0 aliphatic carbocycles. The lowest BCUT2D eigenvalue weighted by molar-refractivity contribution is -0.385. The molecule has 0 fully saturated rings. The highest BCUT2D eigenvalue weighted by Crippen LogP contribution is 2.30. The first-order valence-corrected chi connectivity index (χ1v) is 14.3. The molecule has 44 heavy (non-hydrogen) atoms. The van der Waals surface area contributed by atoms with Crippen molar-refractivity contribution in [3.05, 3.63) is 153 Å². The zero-order valence-electron chi connectivity index (χ0n) is 24.5. The van der Waals surface area contributed by atoms with Crippen LogP contribution in [0.5, 0.6) is 11.5 Å². The second-order valence-corrected chi connectivity index (χ2v) is 10.8. The van der Waals surface area contributed by atoms with Gasteiger partial charge in [-0.15, -0.1) is 0 Å². The van der Waals surface area contributed by atoms with Crippen LogP contribution in [0, 0.1) is 17.0 Å². The molecule has 3 aromatic heterocycles. The number of nitrogens with zero attached hydrogens (tertiary/aromatic N) is 6. The molecule has 2 N–H and O–H groups in total. The number of benzene rings is 2. The quantitative estimate of drug-likeness (QED) is 0.127. The minimum absolute atomic E-state index is 0.0320. The van der Waals surface area contributed by atoms with E-state index in [-0.39, 0.29) is 23.7 Å². The van der Waals surface area contributed by atoms with E-state index in [9.17, 15) is 20.3 Å². The molecule has 2 aromatic carbocycles. The number of aryl methyl sites for hydroxylation is 1. The zero-order valence-corrected chi connectivity index (χ0v) is 24.5. The van der Waals surface area contributed by atoms with Gasteiger partial charge in [-0.25, -0.2) is 0 Å². The Hall–Kier alpha value is -5.19. The van der Waals surface area contributed by atoms with Crippen LogP contribution in [0.2, 0.25) is 0 Å². The van der Waals surface area contributed by atoms with Gasteiger partial charge in [-0.1, -0.05) is 35.9 Å². The van der Waals surface area contributed by atoms with Gasteiger partial charge in [-0.3, -0.25) is 34.9 Å². The average molecular weight is 591 g/mol. The van der Waals surface area contributed by atoms with Crippen molar-refractivity contribution < 1.29 is 15.1 Å². The second-order valence-electron chi connectivity index (χ2n) is 10.8. The molecular weight excluding hydrogens is 556 g/mol. The van der Waals surface area contributed by atoms with Crippen LogP contribution in [-0.2, 0) is 39.3 Å². The third-order valence-corrected chi connectivity index (χ3v) is 7.20. The van der Waals surface area contributed by atoms with E-state index < -0.39 is 4.92 Å². The minimum Gasteiger partial charge on any atom is -0.508 e. The topological polar surface area (TPSA) is 129 Å². The van der Waals surface area contributed by atoms with Crippen molar-refractivity contribution in [2.45, 2.75) is 46.2 Å². The van der Waals surface area contributed by atoms with Crippen molar-refractivity contribution in [1.82, 2.24) is 24.8 Å². The van der Waals surface area contributed by atoms with E-state index in [2.05, 4.69) is 19.9 Å². The summed E-state index contributed by atoms with van der Waals surface area (Å²) in [4.78, 5) is 28.6. The monoisotopic (exact) mass is 590 g/mol. The molecule has 5 aromatic rings. The van der Waals surface area contributed by atoms with E-state index in [4.69, 9.17) is 0 Å². The fraction of sp³-hybridized carbons (Fsp3) is 0.206. The van der Waals surface area contributed by atoms with E-state index in [0.717, 1.165) is 28.2 Å². The molecule has 0 aliphatic heterocycles. The van der Waals surface area contributed by atoms with Gasteiger partial charge in [0.1, 0.15) is 11.5 Å². The van der Waals surface area contributed by atoms with Gasteiger partial charge < -0.3 is 10.2 Å². The number of pyridine rings is 3. The van der Waals surface area contributed by atoms with Crippen molar-refractivity contribution in [2.75, 3.05) is 0 Å². The van der Waals surface area contributed by atoms with Gasteiger partial charge in [0.15, 0.2) is 0 Å². The maximum Gasteiger partial charge on any atom is 0.270 e. The summed E-state index contributed by atoms with van der Waals surface area (Å²) in [5, 5.41) is 33.6. The lowest BCUT2D eigenvalue weighted by atomic mass is 10.0. The predicted octanol–water partition coefficient (Wildman–Crippen LogP) is 5.90. The first-order valence-electron chi connectivity index (χ1n) is 14.3. The Balaban J connectivity index is 1.44. The standard InChI is InChI=1S/C34H34N6O4/c1-25-16-27(20-38(22-29-8-2-5-13-35-29)19-26-18-32(40(43)44)11-12-33(26)41)34(42)28(17-25)21-39(23-30-9-3-6-14-36-30)24-31-10-4-7-15-37-31/h2-18,41-42H,19-24H2,1H3. The molecule has 0 saturated carbocycles. The molecule has 224 valence electrons. The highest BCUT2D eigenvalue weighted by Gasteiger charge is 2.19. The van der Waals surface area contributed by atoms with Gasteiger partial charge >= 0.3 is 0 Å². The number of rotatable bonds is 13. The summed E-state index contributed by atoms with van der Waals surface area (Å²) in [5.41, 5.74) is 5.39. The Morgan fingerprint density at radius 3 is 1.52 bits per heavy atom. The number of aromatic nitrogens is 3. The Kier molecular flexibility index (Phi) is 9.85. The summed E-state index contributed by atoms with van der Waals surface area (Å²) in [6.45, 7) is 4.51. The molecule has 0 spiro atoms. The number of phenolic OH excluding ortho intramolecular Hbond substituents is 2. The summed E-state index contributed by atoms with van der Waals surface area (Å²) in [5.74, 6) is 0.146. The number of aromatic hydroxyl groups is 2. The summed E-state index contributed by atoms with van der Waals surface area (Å²) >= 11 is 0. The van der Waals surface area contributed by atoms with Crippen molar-refractivity contribution in [3.8, 4) is 11.5 Å². The van der Waals surface area contributed by atoms with Gasteiger partial charge in [0, 0.05) is 86.7 Å².